The minimum atomic E-state index is 0.279. The topological polar surface area (TPSA) is 15.3 Å². The predicted molar refractivity (Wildman–Crippen MR) is 76.7 cm³/mol. The molecule has 0 bridgehead atoms. The zero-order valence-corrected chi connectivity index (χ0v) is 12.4. The zero-order valence-electron chi connectivity index (χ0n) is 12.4. The SMILES string of the molecule is CC(C)(C)NCC1CCC1N(CC1CC1)C1CC1. The summed E-state index contributed by atoms with van der Waals surface area (Å²) in [5.41, 5.74) is 0.279. The molecule has 3 aliphatic rings. The van der Waals surface area contributed by atoms with E-state index in [0.717, 1.165) is 23.9 Å². The van der Waals surface area contributed by atoms with Gasteiger partial charge in [0.05, 0.1) is 0 Å². The lowest BCUT2D eigenvalue weighted by molar-refractivity contribution is 0.0478. The highest BCUT2D eigenvalue weighted by atomic mass is 15.2. The first kappa shape index (κ1) is 12.9. The van der Waals surface area contributed by atoms with Crippen molar-refractivity contribution in [1.82, 2.24) is 10.2 Å². The molecule has 0 aromatic heterocycles. The number of hydrogen-bond donors (Lipinski definition) is 1. The van der Waals surface area contributed by atoms with Gasteiger partial charge in [-0.1, -0.05) is 0 Å². The Morgan fingerprint density at radius 1 is 1.00 bits per heavy atom. The van der Waals surface area contributed by atoms with Gasteiger partial charge in [0.2, 0.25) is 0 Å². The van der Waals surface area contributed by atoms with Gasteiger partial charge in [0.1, 0.15) is 0 Å². The molecule has 0 amide bonds. The maximum atomic E-state index is 3.71. The minimum absolute atomic E-state index is 0.279. The minimum Gasteiger partial charge on any atom is -0.312 e. The molecule has 2 atom stereocenters. The van der Waals surface area contributed by atoms with Crippen LogP contribution >= 0.6 is 0 Å². The smallest absolute Gasteiger partial charge is 0.0139 e. The van der Waals surface area contributed by atoms with Crippen molar-refractivity contribution in [2.24, 2.45) is 11.8 Å². The summed E-state index contributed by atoms with van der Waals surface area (Å²) in [7, 11) is 0. The van der Waals surface area contributed by atoms with E-state index < -0.39 is 0 Å². The van der Waals surface area contributed by atoms with Crippen molar-refractivity contribution in [2.75, 3.05) is 13.1 Å². The number of nitrogens with zero attached hydrogens (tertiary/aromatic N) is 1. The second kappa shape index (κ2) is 4.79. The van der Waals surface area contributed by atoms with Crippen LogP contribution in [-0.4, -0.2) is 35.6 Å². The van der Waals surface area contributed by atoms with E-state index in [1.807, 2.05) is 0 Å². The van der Waals surface area contributed by atoms with Crippen LogP contribution < -0.4 is 5.32 Å². The molecule has 3 fully saturated rings. The molecule has 3 rings (SSSR count). The first-order valence-corrected chi connectivity index (χ1v) is 8.04. The van der Waals surface area contributed by atoms with Crippen LogP contribution in [0.15, 0.2) is 0 Å². The summed E-state index contributed by atoms with van der Waals surface area (Å²) in [5.74, 6) is 1.98. The van der Waals surface area contributed by atoms with Crippen LogP contribution in [0.4, 0.5) is 0 Å². The van der Waals surface area contributed by atoms with Gasteiger partial charge in [0, 0.05) is 24.2 Å². The summed E-state index contributed by atoms with van der Waals surface area (Å²) in [6, 6.07) is 1.88. The van der Waals surface area contributed by atoms with Gasteiger partial charge in [0.15, 0.2) is 0 Å². The van der Waals surface area contributed by atoms with E-state index in [1.165, 1.54) is 51.6 Å². The van der Waals surface area contributed by atoms with Gasteiger partial charge in [-0.05, 0) is 77.7 Å². The van der Waals surface area contributed by atoms with Gasteiger partial charge < -0.3 is 5.32 Å². The first-order valence-electron chi connectivity index (χ1n) is 8.04. The Morgan fingerprint density at radius 2 is 1.72 bits per heavy atom. The van der Waals surface area contributed by atoms with Gasteiger partial charge in [0.25, 0.3) is 0 Å². The molecule has 0 spiro atoms. The normalized spacial score (nSPS) is 32.7. The summed E-state index contributed by atoms with van der Waals surface area (Å²) < 4.78 is 0. The van der Waals surface area contributed by atoms with Crippen molar-refractivity contribution in [3.63, 3.8) is 0 Å². The van der Waals surface area contributed by atoms with Gasteiger partial charge in [-0.3, -0.25) is 4.90 Å². The van der Waals surface area contributed by atoms with Crippen LogP contribution in [0.1, 0.15) is 59.3 Å². The van der Waals surface area contributed by atoms with Crippen LogP contribution in [0, 0.1) is 11.8 Å². The fourth-order valence-corrected chi connectivity index (χ4v) is 3.22. The van der Waals surface area contributed by atoms with Crippen molar-refractivity contribution < 1.29 is 0 Å². The van der Waals surface area contributed by atoms with Crippen LogP contribution in [0.2, 0.25) is 0 Å². The Bertz CT molecular complexity index is 286. The third kappa shape index (κ3) is 3.27. The van der Waals surface area contributed by atoms with Crippen molar-refractivity contribution in [2.45, 2.75) is 76.9 Å². The van der Waals surface area contributed by atoms with Crippen molar-refractivity contribution >= 4 is 0 Å². The van der Waals surface area contributed by atoms with E-state index in [-0.39, 0.29) is 5.54 Å². The highest BCUT2D eigenvalue weighted by molar-refractivity contribution is 4.99. The van der Waals surface area contributed by atoms with Gasteiger partial charge in [-0.2, -0.15) is 0 Å². The Balaban J connectivity index is 1.50. The molecular formula is C16H30N2. The molecule has 0 aliphatic heterocycles. The maximum Gasteiger partial charge on any atom is 0.0139 e. The van der Waals surface area contributed by atoms with Crippen molar-refractivity contribution in [3.05, 3.63) is 0 Å². The third-order valence-corrected chi connectivity index (χ3v) is 4.88. The molecule has 18 heavy (non-hydrogen) atoms. The predicted octanol–water partition coefficient (Wildman–Crippen LogP) is 3.03. The van der Waals surface area contributed by atoms with E-state index in [0.29, 0.717) is 0 Å². The second-order valence-electron chi connectivity index (χ2n) is 7.91. The summed E-state index contributed by atoms with van der Waals surface area (Å²) in [6.45, 7) is 9.49. The average molecular weight is 250 g/mol. The van der Waals surface area contributed by atoms with E-state index in [1.54, 1.807) is 0 Å². The van der Waals surface area contributed by atoms with Gasteiger partial charge in [-0.25, -0.2) is 0 Å². The Hall–Kier alpha value is -0.0800. The fourth-order valence-electron chi connectivity index (χ4n) is 3.22. The fraction of sp³-hybridized carbons (Fsp3) is 1.00. The number of nitrogens with one attached hydrogen (secondary N) is 1. The molecule has 1 N–H and O–H groups in total. The van der Waals surface area contributed by atoms with Crippen LogP contribution in [0.25, 0.3) is 0 Å². The summed E-state index contributed by atoms with van der Waals surface area (Å²) in [4.78, 5) is 2.90. The van der Waals surface area contributed by atoms with Crippen LogP contribution in [-0.2, 0) is 0 Å². The Kier molecular flexibility index (Phi) is 3.44. The van der Waals surface area contributed by atoms with Crippen molar-refractivity contribution in [1.29, 1.82) is 0 Å². The molecule has 2 nitrogen and oxygen atoms in total. The van der Waals surface area contributed by atoms with Gasteiger partial charge in [-0.15, -0.1) is 0 Å². The zero-order chi connectivity index (χ0) is 12.8. The van der Waals surface area contributed by atoms with E-state index in [2.05, 4.69) is 31.0 Å². The summed E-state index contributed by atoms with van der Waals surface area (Å²) in [6.07, 6.45) is 8.86. The highest BCUT2D eigenvalue weighted by Gasteiger charge is 2.43. The molecule has 2 heteroatoms. The second-order valence-corrected chi connectivity index (χ2v) is 7.91. The number of rotatable bonds is 6. The molecule has 0 aromatic carbocycles. The van der Waals surface area contributed by atoms with Crippen molar-refractivity contribution in [3.8, 4) is 0 Å². The van der Waals surface area contributed by atoms with Crippen LogP contribution in [0.3, 0.4) is 0 Å². The monoisotopic (exact) mass is 250 g/mol. The third-order valence-electron chi connectivity index (χ3n) is 4.88. The summed E-state index contributed by atoms with van der Waals surface area (Å²) in [5, 5.41) is 3.71. The molecule has 104 valence electrons. The Labute approximate surface area is 113 Å². The average Bonchev–Trinajstić information content (AvgIpc) is 3.09. The first-order chi connectivity index (χ1) is 8.53. The molecule has 0 saturated heterocycles. The molecule has 3 saturated carbocycles. The highest BCUT2D eigenvalue weighted by Crippen LogP contribution is 2.42. The largest absolute Gasteiger partial charge is 0.312 e. The maximum absolute atomic E-state index is 3.71. The van der Waals surface area contributed by atoms with Gasteiger partial charge >= 0.3 is 0 Å². The van der Waals surface area contributed by atoms with E-state index in [9.17, 15) is 0 Å². The lowest BCUT2D eigenvalue weighted by Gasteiger charge is -2.46. The standard InChI is InChI=1S/C16H30N2/c1-16(2,3)17-10-13-6-9-15(13)18(14-7-8-14)11-12-4-5-12/h12-15,17H,4-11H2,1-3H3. The lowest BCUT2D eigenvalue weighted by atomic mass is 9.77. The lowest BCUT2D eigenvalue weighted by Crippen LogP contribution is -2.53. The molecule has 2 unspecified atom stereocenters. The molecule has 3 aliphatic carbocycles. The van der Waals surface area contributed by atoms with E-state index >= 15 is 0 Å². The Morgan fingerprint density at radius 3 is 2.17 bits per heavy atom. The molecule has 0 aromatic rings. The molecule has 0 heterocycles. The van der Waals surface area contributed by atoms with Crippen LogP contribution in [0.5, 0.6) is 0 Å². The van der Waals surface area contributed by atoms with E-state index in [4.69, 9.17) is 0 Å². The molecule has 0 radical (unpaired) electrons. The quantitative estimate of drug-likeness (QED) is 0.779. The summed E-state index contributed by atoms with van der Waals surface area (Å²) >= 11 is 0. The molecular weight excluding hydrogens is 220 g/mol. The number of hydrogen-bond acceptors (Lipinski definition) is 2.